The molecule has 0 atom stereocenters. The standard InChI is InChI=1S/C53H34N2O/c1-4-14-37(15-5-1)52-54-48(36-26-24-35(25-27-36)38-28-30-44-43-21-11-13-23-50(43)56-51(44)33-38)34-49(55-52)39-29-31-47-45(32-39)42-20-10-12-22-46(42)53(47,40-16-6-2-7-17-40)41-18-8-3-9-19-41/h1-34H. The predicted molar refractivity (Wildman–Crippen MR) is 228 cm³/mol. The van der Waals surface area contributed by atoms with E-state index in [1.807, 2.05) is 30.3 Å². The first-order chi connectivity index (χ1) is 27.7. The molecule has 11 rings (SSSR count). The molecule has 1 aliphatic carbocycles. The summed E-state index contributed by atoms with van der Waals surface area (Å²) in [6, 6.07) is 73.3. The highest BCUT2D eigenvalue weighted by Crippen LogP contribution is 2.56. The zero-order chi connectivity index (χ0) is 37.1. The number of hydrogen-bond donors (Lipinski definition) is 0. The number of rotatable bonds is 6. The van der Waals surface area contributed by atoms with Crippen molar-refractivity contribution in [2.45, 2.75) is 5.41 Å². The number of aromatic nitrogens is 2. The topological polar surface area (TPSA) is 38.9 Å². The molecule has 0 radical (unpaired) electrons. The van der Waals surface area contributed by atoms with Crippen molar-refractivity contribution in [3.8, 4) is 56.2 Å². The van der Waals surface area contributed by atoms with Crippen LogP contribution in [0.4, 0.5) is 0 Å². The van der Waals surface area contributed by atoms with Gasteiger partial charge in [-0.05, 0) is 74.8 Å². The molecule has 8 aromatic carbocycles. The highest BCUT2D eigenvalue weighted by Gasteiger charge is 2.46. The summed E-state index contributed by atoms with van der Waals surface area (Å²) in [4.78, 5) is 10.4. The van der Waals surface area contributed by atoms with Gasteiger partial charge in [0.2, 0.25) is 0 Å². The van der Waals surface area contributed by atoms with E-state index in [0.29, 0.717) is 5.82 Å². The fourth-order valence-corrected chi connectivity index (χ4v) is 8.81. The van der Waals surface area contributed by atoms with E-state index in [1.54, 1.807) is 0 Å². The van der Waals surface area contributed by atoms with Gasteiger partial charge in [0.05, 0.1) is 16.8 Å². The molecule has 0 amide bonds. The maximum Gasteiger partial charge on any atom is 0.160 e. The minimum atomic E-state index is -0.449. The van der Waals surface area contributed by atoms with Gasteiger partial charge in [-0.1, -0.05) is 176 Å². The Labute approximate surface area is 325 Å². The quantitative estimate of drug-likeness (QED) is 0.172. The number of furan rings is 1. The van der Waals surface area contributed by atoms with Gasteiger partial charge in [-0.25, -0.2) is 9.97 Å². The van der Waals surface area contributed by atoms with E-state index in [2.05, 4.69) is 176 Å². The first-order valence-electron chi connectivity index (χ1n) is 19.1. The van der Waals surface area contributed by atoms with Crippen LogP contribution in [0.15, 0.2) is 211 Å². The molecule has 0 N–H and O–H groups in total. The van der Waals surface area contributed by atoms with Crippen LogP contribution in [0, 0.1) is 0 Å². The average molecular weight is 715 g/mol. The van der Waals surface area contributed by atoms with E-state index >= 15 is 0 Å². The lowest BCUT2D eigenvalue weighted by atomic mass is 9.67. The fraction of sp³-hybridized carbons (Fsp3) is 0.0189. The van der Waals surface area contributed by atoms with Crippen LogP contribution in [0.1, 0.15) is 22.3 Å². The zero-order valence-corrected chi connectivity index (χ0v) is 30.4. The van der Waals surface area contributed by atoms with Gasteiger partial charge in [-0.15, -0.1) is 0 Å². The lowest BCUT2D eigenvalue weighted by Gasteiger charge is -2.33. The third kappa shape index (κ3) is 5.05. The van der Waals surface area contributed by atoms with Crippen LogP contribution in [0.25, 0.3) is 78.1 Å². The molecule has 0 saturated carbocycles. The lowest BCUT2D eigenvalue weighted by Crippen LogP contribution is -2.28. The van der Waals surface area contributed by atoms with Gasteiger partial charge in [0.1, 0.15) is 11.2 Å². The van der Waals surface area contributed by atoms with Gasteiger partial charge >= 0.3 is 0 Å². The summed E-state index contributed by atoms with van der Waals surface area (Å²) in [5.74, 6) is 0.696. The molecule has 0 fully saturated rings. The molecule has 1 aliphatic rings. The Hall–Kier alpha value is -7.36. The molecule has 56 heavy (non-hydrogen) atoms. The Morgan fingerprint density at radius 1 is 0.339 bits per heavy atom. The van der Waals surface area contributed by atoms with Crippen molar-refractivity contribution in [1.29, 1.82) is 0 Å². The van der Waals surface area contributed by atoms with Crippen LogP contribution in [0.5, 0.6) is 0 Å². The van der Waals surface area contributed by atoms with E-state index in [9.17, 15) is 0 Å². The predicted octanol–water partition coefficient (Wildman–Crippen LogP) is 13.4. The van der Waals surface area contributed by atoms with Gasteiger partial charge in [0, 0.05) is 27.5 Å². The SMILES string of the molecule is c1ccc(-c2nc(-c3ccc(-c4ccc5c(c4)oc4ccccc45)cc3)cc(-c3ccc4c(c3)-c3ccccc3C4(c3ccccc3)c3ccccc3)n2)cc1. The Morgan fingerprint density at radius 2 is 0.893 bits per heavy atom. The monoisotopic (exact) mass is 714 g/mol. The third-order valence-corrected chi connectivity index (χ3v) is 11.4. The van der Waals surface area contributed by atoms with Crippen LogP contribution in [-0.4, -0.2) is 9.97 Å². The molecular formula is C53H34N2O. The van der Waals surface area contributed by atoms with Gasteiger partial charge in [0.15, 0.2) is 5.82 Å². The van der Waals surface area contributed by atoms with Crippen molar-refractivity contribution < 1.29 is 4.42 Å². The van der Waals surface area contributed by atoms with E-state index < -0.39 is 5.41 Å². The molecule has 0 unspecified atom stereocenters. The minimum absolute atomic E-state index is 0.449. The number of para-hydroxylation sites is 1. The van der Waals surface area contributed by atoms with Crippen molar-refractivity contribution in [3.05, 3.63) is 229 Å². The lowest BCUT2D eigenvalue weighted by molar-refractivity contribution is 0.669. The molecule has 10 aromatic rings. The summed E-state index contributed by atoms with van der Waals surface area (Å²) in [7, 11) is 0. The third-order valence-electron chi connectivity index (χ3n) is 11.4. The maximum atomic E-state index is 6.20. The van der Waals surface area contributed by atoms with Crippen molar-refractivity contribution in [1.82, 2.24) is 9.97 Å². The summed E-state index contributed by atoms with van der Waals surface area (Å²) >= 11 is 0. The van der Waals surface area contributed by atoms with Crippen molar-refractivity contribution >= 4 is 21.9 Å². The van der Waals surface area contributed by atoms with Gasteiger partial charge in [-0.2, -0.15) is 0 Å². The van der Waals surface area contributed by atoms with Crippen LogP contribution in [-0.2, 0) is 5.41 Å². The number of nitrogens with zero attached hydrogens (tertiary/aromatic N) is 2. The van der Waals surface area contributed by atoms with E-state index in [1.165, 1.54) is 33.4 Å². The van der Waals surface area contributed by atoms with Crippen LogP contribution in [0.3, 0.4) is 0 Å². The number of benzene rings is 8. The Kier molecular flexibility index (Phi) is 7.39. The molecule has 262 valence electrons. The molecule has 0 spiro atoms. The van der Waals surface area contributed by atoms with Crippen molar-refractivity contribution in [3.63, 3.8) is 0 Å². The summed E-state index contributed by atoms with van der Waals surface area (Å²) in [5.41, 5.74) is 15.9. The Bertz CT molecular complexity index is 3020. The molecule has 3 heteroatoms. The summed E-state index contributed by atoms with van der Waals surface area (Å²) in [5, 5.41) is 2.27. The van der Waals surface area contributed by atoms with Crippen LogP contribution < -0.4 is 0 Å². The van der Waals surface area contributed by atoms with E-state index in [4.69, 9.17) is 14.4 Å². The molecule has 0 bridgehead atoms. The average Bonchev–Trinajstić information content (AvgIpc) is 3.80. The summed E-state index contributed by atoms with van der Waals surface area (Å²) in [6.07, 6.45) is 0. The highest BCUT2D eigenvalue weighted by atomic mass is 16.3. The first-order valence-corrected chi connectivity index (χ1v) is 19.1. The second-order valence-electron chi connectivity index (χ2n) is 14.5. The molecule has 2 aromatic heterocycles. The van der Waals surface area contributed by atoms with Crippen molar-refractivity contribution in [2.24, 2.45) is 0 Å². The fourth-order valence-electron chi connectivity index (χ4n) is 8.81. The molecule has 3 nitrogen and oxygen atoms in total. The molecular weight excluding hydrogens is 681 g/mol. The minimum Gasteiger partial charge on any atom is -0.456 e. The summed E-state index contributed by atoms with van der Waals surface area (Å²) < 4.78 is 6.20. The second kappa shape index (κ2) is 12.9. The second-order valence-corrected chi connectivity index (χ2v) is 14.5. The van der Waals surface area contributed by atoms with E-state index in [0.717, 1.165) is 61.1 Å². The first kappa shape index (κ1) is 32.1. The normalized spacial score (nSPS) is 12.8. The Morgan fingerprint density at radius 3 is 1.64 bits per heavy atom. The molecule has 2 heterocycles. The largest absolute Gasteiger partial charge is 0.456 e. The summed E-state index contributed by atoms with van der Waals surface area (Å²) in [6.45, 7) is 0. The van der Waals surface area contributed by atoms with Crippen LogP contribution in [0.2, 0.25) is 0 Å². The van der Waals surface area contributed by atoms with Crippen molar-refractivity contribution in [2.75, 3.05) is 0 Å². The van der Waals surface area contributed by atoms with Gasteiger partial charge in [0.25, 0.3) is 0 Å². The number of fused-ring (bicyclic) bond motifs is 6. The van der Waals surface area contributed by atoms with Gasteiger partial charge in [-0.3, -0.25) is 0 Å². The Balaban J connectivity index is 1.04. The smallest absolute Gasteiger partial charge is 0.160 e. The highest BCUT2D eigenvalue weighted by molar-refractivity contribution is 6.05. The molecule has 0 saturated heterocycles. The maximum absolute atomic E-state index is 6.20. The van der Waals surface area contributed by atoms with Gasteiger partial charge < -0.3 is 4.42 Å². The van der Waals surface area contributed by atoms with Crippen LogP contribution >= 0.6 is 0 Å². The van der Waals surface area contributed by atoms with E-state index in [-0.39, 0.29) is 0 Å². The number of hydrogen-bond acceptors (Lipinski definition) is 3. The zero-order valence-electron chi connectivity index (χ0n) is 30.4. The molecule has 0 aliphatic heterocycles.